The van der Waals surface area contributed by atoms with E-state index >= 15 is 0 Å². The van der Waals surface area contributed by atoms with Gasteiger partial charge in [0.15, 0.2) is 28.7 Å². The van der Waals surface area contributed by atoms with Crippen molar-refractivity contribution in [2.24, 2.45) is 7.05 Å². The van der Waals surface area contributed by atoms with Crippen LogP contribution in [0, 0.1) is 4.64 Å². The van der Waals surface area contributed by atoms with Crippen molar-refractivity contribution in [2.75, 3.05) is 6.61 Å². The Hall–Kier alpha value is -3.39. The van der Waals surface area contributed by atoms with Crippen LogP contribution in [0.1, 0.15) is 27.0 Å². The van der Waals surface area contributed by atoms with Gasteiger partial charge in [0.2, 0.25) is 5.78 Å². The maximum absolute atomic E-state index is 11.8. The molecule has 0 bridgehead atoms. The molecule has 0 saturated carbocycles. The maximum Gasteiger partial charge on any atom is 0.303 e. The molecule has 0 radical (unpaired) electrons. The number of carbonyl (C=O) groups is 3. The summed E-state index contributed by atoms with van der Waals surface area (Å²) in [6.45, 7) is 3.47. The van der Waals surface area contributed by atoms with E-state index in [0.717, 1.165) is 0 Å². The van der Waals surface area contributed by atoms with Gasteiger partial charge in [-0.1, -0.05) is 12.2 Å². The van der Waals surface area contributed by atoms with Gasteiger partial charge in [0.25, 0.3) is 0 Å². The molecule has 14 heteroatoms. The lowest BCUT2D eigenvalue weighted by Gasteiger charge is -2.23. The van der Waals surface area contributed by atoms with Crippen molar-refractivity contribution in [1.29, 1.82) is 0 Å². The normalized spacial score (nSPS) is 22.9. The Labute approximate surface area is 185 Å². The van der Waals surface area contributed by atoms with Gasteiger partial charge >= 0.3 is 17.9 Å². The highest BCUT2D eigenvalue weighted by Crippen LogP contribution is 2.36. The molecule has 3 aromatic rings. The number of hydrogen-bond acceptors (Lipinski definition) is 11. The molecular weight excluding hydrogens is 444 g/mol. The van der Waals surface area contributed by atoms with Gasteiger partial charge < -0.3 is 23.5 Å². The number of aryl methyl sites for hydroxylation is 1. The zero-order chi connectivity index (χ0) is 23.2. The van der Waals surface area contributed by atoms with Crippen molar-refractivity contribution < 1.29 is 33.3 Å². The average Bonchev–Trinajstić information content (AvgIpc) is 3.38. The van der Waals surface area contributed by atoms with Crippen LogP contribution in [0.5, 0.6) is 0 Å². The quantitative estimate of drug-likeness (QED) is 0.295. The number of fused-ring (bicyclic) bond motifs is 2. The minimum absolute atomic E-state index is 0.213. The van der Waals surface area contributed by atoms with Crippen LogP contribution in [0.3, 0.4) is 0 Å². The second-order valence-electron chi connectivity index (χ2n) is 7.21. The number of rotatable bonds is 5. The third kappa shape index (κ3) is 3.82. The Kier molecular flexibility index (Phi) is 5.64. The Bertz CT molecular complexity index is 1280. The minimum atomic E-state index is -1.06. The molecule has 0 amide bonds. The zero-order valence-electron chi connectivity index (χ0n) is 17.6. The fourth-order valence-corrected chi connectivity index (χ4v) is 3.84. The number of nitrogens with zero attached hydrogens (tertiary/aromatic N) is 6. The van der Waals surface area contributed by atoms with E-state index in [2.05, 4.69) is 15.1 Å². The van der Waals surface area contributed by atoms with Crippen molar-refractivity contribution in [1.82, 2.24) is 28.7 Å². The summed E-state index contributed by atoms with van der Waals surface area (Å²) in [7, 11) is 1.76. The maximum atomic E-state index is 11.8. The molecule has 13 nitrogen and oxygen atoms in total. The first kappa shape index (κ1) is 21.8. The molecule has 4 heterocycles. The van der Waals surface area contributed by atoms with Gasteiger partial charge in [0.05, 0.1) is 6.33 Å². The van der Waals surface area contributed by atoms with Crippen LogP contribution in [0.2, 0.25) is 0 Å². The third-order valence-electron chi connectivity index (χ3n) is 4.83. The second-order valence-corrected chi connectivity index (χ2v) is 7.60. The molecule has 3 aromatic heterocycles. The third-order valence-corrected chi connectivity index (χ3v) is 5.19. The van der Waals surface area contributed by atoms with Crippen LogP contribution >= 0.6 is 12.2 Å². The predicted molar refractivity (Wildman–Crippen MR) is 108 cm³/mol. The summed E-state index contributed by atoms with van der Waals surface area (Å²) in [4.78, 5) is 43.8. The average molecular weight is 464 g/mol. The lowest BCUT2D eigenvalue weighted by atomic mass is 10.1. The molecule has 0 aliphatic carbocycles. The van der Waals surface area contributed by atoms with E-state index in [1.165, 1.54) is 36.2 Å². The summed E-state index contributed by atoms with van der Waals surface area (Å²) in [6, 6.07) is 0. The smallest absolute Gasteiger partial charge is 0.303 e. The fourth-order valence-electron chi connectivity index (χ4n) is 3.57. The highest BCUT2D eigenvalue weighted by molar-refractivity contribution is 7.71. The molecule has 0 spiro atoms. The van der Waals surface area contributed by atoms with Crippen LogP contribution in [0.15, 0.2) is 12.7 Å². The SMILES string of the molecule is CC(=O)OC[C@H]1O[C@@H](n2cnc3c(=S)n4ncn(C)c4nc32)[C@H](OC(C)=O)[C@@H]1OC(C)=O. The van der Waals surface area contributed by atoms with Gasteiger partial charge in [-0.25, -0.2) is 4.98 Å². The second kappa shape index (κ2) is 8.27. The van der Waals surface area contributed by atoms with Gasteiger partial charge in [-0.15, -0.1) is 0 Å². The molecule has 1 aliphatic rings. The zero-order valence-corrected chi connectivity index (χ0v) is 18.4. The molecule has 1 aliphatic heterocycles. The number of ether oxygens (including phenoxy) is 4. The van der Waals surface area contributed by atoms with E-state index in [1.807, 2.05) is 0 Å². The topological polar surface area (TPSA) is 141 Å². The Morgan fingerprint density at radius 3 is 2.44 bits per heavy atom. The number of carbonyl (C=O) groups excluding carboxylic acids is 3. The van der Waals surface area contributed by atoms with Crippen LogP contribution in [0.4, 0.5) is 0 Å². The van der Waals surface area contributed by atoms with Crippen molar-refractivity contribution in [3.63, 3.8) is 0 Å². The van der Waals surface area contributed by atoms with Crippen LogP contribution < -0.4 is 0 Å². The van der Waals surface area contributed by atoms with Crippen LogP contribution in [-0.2, 0) is 40.4 Å². The monoisotopic (exact) mass is 464 g/mol. The first-order valence-electron chi connectivity index (χ1n) is 9.57. The predicted octanol–water partition coefficient (Wildman–Crippen LogP) is 0.471. The number of hydrogen-bond donors (Lipinski definition) is 0. The van der Waals surface area contributed by atoms with Crippen molar-refractivity contribution in [2.45, 2.75) is 45.3 Å². The lowest BCUT2D eigenvalue weighted by molar-refractivity contribution is -0.166. The van der Waals surface area contributed by atoms with Gasteiger partial charge in [-0.3, -0.25) is 19.0 Å². The highest BCUT2D eigenvalue weighted by atomic mass is 32.1. The number of esters is 3. The molecule has 4 atom stereocenters. The summed E-state index contributed by atoms with van der Waals surface area (Å²) in [5, 5.41) is 4.18. The molecular formula is C18H20N6O7S. The number of aromatic nitrogens is 6. The standard InChI is InChI=1S/C18H20N6O7S/c1-8(25)28-5-11-13(29-9(2)26)14(30-10(3)27)16(31-11)23-6-19-12-15(23)21-18-22(4)7-20-24(18)17(12)32/h6-7,11,13-14,16H,5H2,1-4H3/t11-,13-,14-,16-/m1/s1. The minimum Gasteiger partial charge on any atom is -0.463 e. The van der Waals surface area contributed by atoms with E-state index in [0.29, 0.717) is 21.6 Å². The van der Waals surface area contributed by atoms with E-state index in [1.54, 1.807) is 17.9 Å². The van der Waals surface area contributed by atoms with Crippen molar-refractivity contribution in [3.05, 3.63) is 17.3 Å². The summed E-state index contributed by atoms with van der Waals surface area (Å²) in [5.74, 6) is -1.30. The highest BCUT2D eigenvalue weighted by Gasteiger charge is 2.51. The molecule has 0 unspecified atom stereocenters. The van der Waals surface area contributed by atoms with E-state index in [-0.39, 0.29) is 6.61 Å². The van der Waals surface area contributed by atoms with Crippen molar-refractivity contribution in [3.8, 4) is 0 Å². The van der Waals surface area contributed by atoms with E-state index in [9.17, 15) is 14.4 Å². The molecule has 32 heavy (non-hydrogen) atoms. The largest absolute Gasteiger partial charge is 0.463 e. The summed E-state index contributed by atoms with van der Waals surface area (Å²) >= 11 is 5.49. The first-order valence-corrected chi connectivity index (χ1v) is 9.98. The Morgan fingerprint density at radius 1 is 1.09 bits per heavy atom. The first-order chi connectivity index (χ1) is 15.2. The Balaban J connectivity index is 1.82. The van der Waals surface area contributed by atoms with Gasteiger partial charge in [-0.05, 0) is 0 Å². The molecule has 170 valence electrons. The Morgan fingerprint density at radius 2 is 1.78 bits per heavy atom. The number of imidazole rings is 1. The molecule has 0 N–H and O–H groups in total. The van der Waals surface area contributed by atoms with Gasteiger partial charge in [0.1, 0.15) is 24.6 Å². The van der Waals surface area contributed by atoms with Crippen LogP contribution in [-0.4, -0.2) is 71.5 Å². The molecule has 1 saturated heterocycles. The molecule has 4 rings (SSSR count). The molecule has 1 fully saturated rings. The van der Waals surface area contributed by atoms with E-state index in [4.69, 9.17) is 31.2 Å². The van der Waals surface area contributed by atoms with Gasteiger partial charge in [0, 0.05) is 27.8 Å². The van der Waals surface area contributed by atoms with E-state index < -0.39 is 42.4 Å². The summed E-state index contributed by atoms with van der Waals surface area (Å²) in [5.41, 5.74) is 0.740. The lowest BCUT2D eigenvalue weighted by Crippen LogP contribution is -2.40. The summed E-state index contributed by atoms with van der Waals surface area (Å²) < 4.78 is 27.0. The summed E-state index contributed by atoms with van der Waals surface area (Å²) in [6.07, 6.45) is -0.969. The van der Waals surface area contributed by atoms with Crippen LogP contribution in [0.25, 0.3) is 16.9 Å². The van der Waals surface area contributed by atoms with Crippen molar-refractivity contribution >= 4 is 47.1 Å². The fraction of sp³-hybridized carbons (Fsp3) is 0.500. The molecule has 0 aromatic carbocycles. The van der Waals surface area contributed by atoms with Gasteiger partial charge in [-0.2, -0.15) is 14.6 Å².